The topological polar surface area (TPSA) is 82.1 Å². The van der Waals surface area contributed by atoms with E-state index in [9.17, 15) is 4.79 Å². The van der Waals surface area contributed by atoms with E-state index in [0.29, 0.717) is 19.2 Å². The molecular weight excluding hydrogens is 458 g/mol. The van der Waals surface area contributed by atoms with Crippen LogP contribution >= 0.6 is 0 Å². The monoisotopic (exact) mass is 487 g/mol. The smallest absolute Gasteiger partial charge is 0.373 e. The van der Waals surface area contributed by atoms with Gasteiger partial charge < -0.3 is 19.1 Å². The molecule has 3 aromatic rings. The Morgan fingerprint density at radius 1 is 0.917 bits per heavy atom. The van der Waals surface area contributed by atoms with E-state index in [0.717, 1.165) is 57.9 Å². The Labute approximate surface area is 210 Å². The van der Waals surface area contributed by atoms with E-state index in [4.69, 9.17) is 23.8 Å². The minimum absolute atomic E-state index is 0.168. The quantitative estimate of drug-likeness (QED) is 0.452. The molecule has 3 aromatic carbocycles. The van der Waals surface area contributed by atoms with Crippen molar-refractivity contribution in [3.8, 4) is 28.4 Å². The molecule has 0 aromatic heterocycles. The van der Waals surface area contributed by atoms with Crippen LogP contribution in [0.5, 0.6) is 17.2 Å². The zero-order chi connectivity index (χ0) is 25.5. The third kappa shape index (κ3) is 5.26. The summed E-state index contributed by atoms with van der Waals surface area (Å²) in [6.45, 7) is 1.13. The van der Waals surface area contributed by atoms with Gasteiger partial charge in [-0.05, 0) is 65.9 Å². The average molecular weight is 488 g/mol. The minimum atomic E-state index is 0.168. The molecule has 0 spiro atoms. The third-order valence-electron chi connectivity index (χ3n) is 6.72. The molecule has 7 nitrogen and oxygen atoms in total. The largest absolute Gasteiger partial charge is 0.496 e. The second kappa shape index (κ2) is 11.6. The van der Waals surface area contributed by atoms with Gasteiger partial charge in [-0.3, -0.25) is 4.79 Å². The summed E-state index contributed by atoms with van der Waals surface area (Å²) in [5.74, 6) is 2.49. The molecular formula is C29H29NO6. The van der Waals surface area contributed by atoms with Crippen molar-refractivity contribution >= 4 is 12.1 Å². The predicted molar refractivity (Wildman–Crippen MR) is 133 cm³/mol. The summed E-state index contributed by atoms with van der Waals surface area (Å²) in [5.41, 5.74) is 4.87. The zero-order valence-corrected chi connectivity index (χ0v) is 20.5. The molecule has 1 heterocycles. The lowest BCUT2D eigenvalue weighted by molar-refractivity contribution is -0.191. The average Bonchev–Trinajstić information content (AvgIpc) is 3.55. The number of carbonyl (C=O) groups excluding carboxylic acids is 3. The molecule has 36 heavy (non-hydrogen) atoms. The highest BCUT2D eigenvalue weighted by molar-refractivity contribution is 5.98. The van der Waals surface area contributed by atoms with Gasteiger partial charge in [0.1, 0.15) is 23.9 Å². The highest BCUT2D eigenvalue weighted by Gasteiger charge is 2.34. The van der Waals surface area contributed by atoms with E-state index < -0.39 is 0 Å². The lowest BCUT2D eigenvalue weighted by Crippen LogP contribution is -2.33. The second-order valence-electron chi connectivity index (χ2n) is 8.80. The number of ether oxygens (including phenoxy) is 3. The van der Waals surface area contributed by atoms with Gasteiger partial charge >= 0.3 is 6.15 Å². The van der Waals surface area contributed by atoms with Gasteiger partial charge in [0.25, 0.3) is 5.91 Å². The highest BCUT2D eigenvalue weighted by atomic mass is 16.5. The second-order valence-corrected chi connectivity index (χ2v) is 8.80. The van der Waals surface area contributed by atoms with Gasteiger partial charge in [0.15, 0.2) is 0 Å². The Balaban J connectivity index is 0.000000967. The van der Waals surface area contributed by atoms with E-state index in [1.807, 2.05) is 59.5 Å². The highest BCUT2D eigenvalue weighted by Crippen LogP contribution is 2.38. The summed E-state index contributed by atoms with van der Waals surface area (Å²) in [6.07, 6.45) is 4.94. The molecule has 7 heteroatoms. The van der Waals surface area contributed by atoms with Crippen LogP contribution in [0.3, 0.4) is 0 Å². The molecule has 2 aliphatic rings. The molecule has 0 radical (unpaired) electrons. The van der Waals surface area contributed by atoms with Gasteiger partial charge in [0.2, 0.25) is 0 Å². The van der Waals surface area contributed by atoms with Crippen LogP contribution in [-0.4, -0.2) is 37.2 Å². The maximum absolute atomic E-state index is 12.8. The van der Waals surface area contributed by atoms with Crippen LogP contribution in [0.4, 0.5) is 0 Å². The lowest BCUT2D eigenvalue weighted by Gasteiger charge is -2.23. The van der Waals surface area contributed by atoms with Crippen molar-refractivity contribution < 1.29 is 28.6 Å². The maximum Gasteiger partial charge on any atom is 0.373 e. The zero-order valence-electron chi connectivity index (χ0n) is 20.5. The molecule has 1 saturated carbocycles. The van der Waals surface area contributed by atoms with E-state index in [1.165, 1.54) is 12.8 Å². The first kappa shape index (κ1) is 25.0. The first-order valence-electron chi connectivity index (χ1n) is 12.0. The fourth-order valence-electron chi connectivity index (χ4n) is 5.04. The first-order valence-corrected chi connectivity index (χ1v) is 12.0. The number of carbonyl (C=O) groups is 1. The summed E-state index contributed by atoms with van der Waals surface area (Å²) in [6, 6.07) is 20.2. The van der Waals surface area contributed by atoms with E-state index in [1.54, 1.807) is 14.2 Å². The van der Waals surface area contributed by atoms with Crippen LogP contribution in [0.2, 0.25) is 0 Å². The number of rotatable bonds is 7. The normalized spacial score (nSPS) is 14.5. The van der Waals surface area contributed by atoms with Crippen LogP contribution in [0.1, 0.15) is 47.2 Å². The van der Waals surface area contributed by atoms with Crippen molar-refractivity contribution in [2.24, 2.45) is 0 Å². The fourth-order valence-corrected chi connectivity index (χ4v) is 5.04. The van der Waals surface area contributed by atoms with Crippen LogP contribution in [0, 0.1) is 0 Å². The molecule has 0 unspecified atom stereocenters. The SMILES string of the molecule is COc1cccc(OC)c1-c1cccc(COc2ccc3c(c2)CN(C2CCCC2)C3=O)c1.O=C=O. The van der Waals surface area contributed by atoms with Gasteiger partial charge in [-0.2, -0.15) is 9.59 Å². The number of hydrogen-bond donors (Lipinski definition) is 0. The Morgan fingerprint density at radius 3 is 2.25 bits per heavy atom. The fraction of sp³-hybridized carbons (Fsp3) is 0.310. The molecule has 0 atom stereocenters. The van der Waals surface area contributed by atoms with Gasteiger partial charge in [-0.25, -0.2) is 0 Å². The van der Waals surface area contributed by atoms with Crippen molar-refractivity contribution in [2.75, 3.05) is 14.2 Å². The van der Waals surface area contributed by atoms with Crippen LogP contribution in [0.15, 0.2) is 60.7 Å². The summed E-state index contributed by atoms with van der Waals surface area (Å²) >= 11 is 0. The van der Waals surface area contributed by atoms with Crippen molar-refractivity contribution in [3.63, 3.8) is 0 Å². The summed E-state index contributed by atoms with van der Waals surface area (Å²) in [5, 5.41) is 0. The Bertz CT molecular complexity index is 1240. The number of benzene rings is 3. The van der Waals surface area contributed by atoms with Crippen molar-refractivity contribution in [1.29, 1.82) is 0 Å². The van der Waals surface area contributed by atoms with Gasteiger partial charge in [0.05, 0.1) is 19.8 Å². The lowest BCUT2D eigenvalue weighted by atomic mass is 10.0. The summed E-state index contributed by atoms with van der Waals surface area (Å²) in [7, 11) is 3.33. The molecule has 0 N–H and O–H groups in total. The molecule has 1 aliphatic heterocycles. The molecule has 0 bridgehead atoms. The molecule has 5 rings (SSSR count). The van der Waals surface area contributed by atoms with Gasteiger partial charge in [-0.15, -0.1) is 0 Å². The molecule has 186 valence electrons. The Kier molecular flexibility index (Phi) is 8.03. The van der Waals surface area contributed by atoms with Crippen LogP contribution in [-0.2, 0) is 22.7 Å². The third-order valence-corrected chi connectivity index (χ3v) is 6.72. The van der Waals surface area contributed by atoms with Crippen LogP contribution < -0.4 is 14.2 Å². The molecule has 1 fully saturated rings. The number of methoxy groups -OCH3 is 2. The Hall–Kier alpha value is -4.09. The van der Waals surface area contributed by atoms with E-state index >= 15 is 0 Å². The van der Waals surface area contributed by atoms with Gasteiger partial charge in [0, 0.05) is 18.2 Å². The predicted octanol–water partition coefficient (Wildman–Crippen LogP) is 5.26. The summed E-state index contributed by atoms with van der Waals surface area (Å²) < 4.78 is 17.3. The number of amides is 1. The molecule has 0 saturated heterocycles. The maximum atomic E-state index is 12.8. The van der Waals surface area contributed by atoms with Crippen LogP contribution in [0.25, 0.3) is 11.1 Å². The number of hydrogen-bond acceptors (Lipinski definition) is 6. The van der Waals surface area contributed by atoms with E-state index in [-0.39, 0.29) is 12.1 Å². The van der Waals surface area contributed by atoms with Gasteiger partial charge in [-0.1, -0.05) is 37.1 Å². The molecule has 1 amide bonds. The standard InChI is InChI=1S/C28H29NO4.CO2/c1-31-25-11-6-12-26(32-2)27(25)20-8-5-7-19(15-20)18-33-23-13-14-24-21(16-23)17-29(28(24)30)22-9-3-4-10-22;2-1-3/h5-8,11-16,22H,3-4,9-10,17-18H2,1-2H3;. The first-order chi connectivity index (χ1) is 17.6. The van der Waals surface area contributed by atoms with E-state index in [2.05, 4.69) is 6.07 Å². The van der Waals surface area contributed by atoms with Crippen molar-refractivity contribution in [3.05, 3.63) is 77.4 Å². The number of nitrogens with zero attached hydrogens (tertiary/aromatic N) is 1. The summed E-state index contributed by atoms with van der Waals surface area (Å²) in [4.78, 5) is 31.1. The van der Waals surface area contributed by atoms with Crippen molar-refractivity contribution in [2.45, 2.75) is 44.9 Å². The van der Waals surface area contributed by atoms with Crippen molar-refractivity contribution in [1.82, 2.24) is 4.90 Å². The Morgan fingerprint density at radius 2 is 1.58 bits per heavy atom. The minimum Gasteiger partial charge on any atom is -0.496 e. The number of fused-ring (bicyclic) bond motifs is 1. The molecule has 1 aliphatic carbocycles.